The van der Waals surface area contributed by atoms with E-state index in [1.807, 2.05) is 18.2 Å². The van der Waals surface area contributed by atoms with Crippen LogP contribution in [0.4, 0.5) is 0 Å². The van der Waals surface area contributed by atoms with Gasteiger partial charge >= 0.3 is 0 Å². The second kappa shape index (κ2) is 3.05. The Hall–Kier alpha value is -1.57. The largest absolute Gasteiger partial charge is 0.486 e. The van der Waals surface area contributed by atoms with Crippen molar-refractivity contribution in [3.8, 4) is 5.75 Å². The van der Waals surface area contributed by atoms with Gasteiger partial charge in [0.25, 0.3) is 0 Å². The standard InChI is InChI=1S/C11H10O2/c1-2-8-3-4-9-6-10(12)7-13-11(9)5-8/h2-5H,1,6-7H2. The van der Waals surface area contributed by atoms with Gasteiger partial charge in [0, 0.05) is 12.0 Å². The molecule has 0 saturated carbocycles. The van der Waals surface area contributed by atoms with Crippen molar-refractivity contribution >= 4 is 11.9 Å². The number of carbonyl (C=O) groups excluding carboxylic acids is 1. The molecular weight excluding hydrogens is 164 g/mol. The van der Waals surface area contributed by atoms with Crippen LogP contribution in [0.5, 0.6) is 5.75 Å². The third-order valence-electron chi connectivity index (χ3n) is 2.10. The molecule has 1 aliphatic heterocycles. The van der Waals surface area contributed by atoms with Crippen LogP contribution in [-0.2, 0) is 11.2 Å². The smallest absolute Gasteiger partial charge is 0.174 e. The van der Waals surface area contributed by atoms with Crippen LogP contribution in [0, 0.1) is 0 Å². The average molecular weight is 174 g/mol. The van der Waals surface area contributed by atoms with Crippen molar-refractivity contribution in [3.63, 3.8) is 0 Å². The molecule has 0 amide bonds. The second-order valence-electron chi connectivity index (χ2n) is 3.08. The SMILES string of the molecule is C=Cc1ccc2c(c1)OCC(=O)C2. The minimum Gasteiger partial charge on any atom is -0.486 e. The summed E-state index contributed by atoms with van der Waals surface area (Å²) in [6, 6.07) is 5.77. The Balaban J connectivity index is 2.42. The highest BCUT2D eigenvalue weighted by molar-refractivity contribution is 5.84. The van der Waals surface area contributed by atoms with Crippen molar-refractivity contribution in [2.45, 2.75) is 6.42 Å². The fourth-order valence-corrected chi connectivity index (χ4v) is 1.40. The van der Waals surface area contributed by atoms with Crippen LogP contribution < -0.4 is 4.74 Å². The monoisotopic (exact) mass is 174 g/mol. The first-order valence-corrected chi connectivity index (χ1v) is 4.19. The van der Waals surface area contributed by atoms with Gasteiger partial charge in [0.1, 0.15) is 12.4 Å². The average Bonchev–Trinajstić information content (AvgIpc) is 2.17. The van der Waals surface area contributed by atoms with E-state index in [1.165, 1.54) is 0 Å². The van der Waals surface area contributed by atoms with E-state index in [0.29, 0.717) is 6.42 Å². The molecule has 1 aromatic rings. The third kappa shape index (κ3) is 1.47. The van der Waals surface area contributed by atoms with Crippen molar-refractivity contribution in [2.75, 3.05) is 6.61 Å². The van der Waals surface area contributed by atoms with Gasteiger partial charge in [0.15, 0.2) is 5.78 Å². The number of fused-ring (bicyclic) bond motifs is 1. The molecule has 66 valence electrons. The summed E-state index contributed by atoms with van der Waals surface area (Å²) in [5, 5.41) is 0. The van der Waals surface area contributed by atoms with Gasteiger partial charge in [-0.2, -0.15) is 0 Å². The van der Waals surface area contributed by atoms with Gasteiger partial charge in [0.2, 0.25) is 0 Å². The minimum atomic E-state index is 0.138. The topological polar surface area (TPSA) is 26.3 Å². The Kier molecular flexibility index (Phi) is 1.89. The summed E-state index contributed by atoms with van der Waals surface area (Å²) >= 11 is 0. The van der Waals surface area contributed by atoms with E-state index >= 15 is 0 Å². The van der Waals surface area contributed by atoms with Crippen molar-refractivity contribution in [1.29, 1.82) is 0 Å². The lowest BCUT2D eigenvalue weighted by atomic mass is 10.0. The van der Waals surface area contributed by atoms with E-state index in [0.717, 1.165) is 16.9 Å². The summed E-state index contributed by atoms with van der Waals surface area (Å²) in [6.45, 7) is 3.87. The molecule has 0 saturated heterocycles. The molecule has 2 heteroatoms. The normalized spacial score (nSPS) is 14.6. The van der Waals surface area contributed by atoms with Crippen LogP contribution in [0.3, 0.4) is 0 Å². The Labute approximate surface area is 76.8 Å². The third-order valence-corrected chi connectivity index (χ3v) is 2.10. The van der Waals surface area contributed by atoms with Gasteiger partial charge in [0.05, 0.1) is 0 Å². The Morgan fingerprint density at radius 1 is 1.46 bits per heavy atom. The second-order valence-corrected chi connectivity index (χ2v) is 3.08. The van der Waals surface area contributed by atoms with Crippen LogP contribution in [0.25, 0.3) is 6.08 Å². The molecule has 0 fully saturated rings. The van der Waals surface area contributed by atoms with Crippen molar-refractivity contribution in [1.82, 2.24) is 0 Å². The summed E-state index contributed by atoms with van der Waals surface area (Å²) in [4.78, 5) is 11.0. The molecule has 0 atom stereocenters. The molecule has 0 aromatic heterocycles. The number of carbonyl (C=O) groups is 1. The van der Waals surface area contributed by atoms with Crippen molar-refractivity contribution in [3.05, 3.63) is 35.9 Å². The van der Waals surface area contributed by atoms with Gasteiger partial charge < -0.3 is 4.74 Å². The maximum atomic E-state index is 11.0. The number of benzene rings is 1. The predicted molar refractivity (Wildman–Crippen MR) is 50.7 cm³/mol. The molecule has 0 aliphatic carbocycles. The van der Waals surface area contributed by atoms with E-state index in [4.69, 9.17) is 4.74 Å². The molecule has 0 N–H and O–H groups in total. The lowest BCUT2D eigenvalue weighted by Gasteiger charge is -2.16. The van der Waals surface area contributed by atoms with Crippen LogP contribution >= 0.6 is 0 Å². The van der Waals surface area contributed by atoms with Gasteiger partial charge in [-0.3, -0.25) is 4.79 Å². The van der Waals surface area contributed by atoms with E-state index in [2.05, 4.69) is 6.58 Å². The molecular formula is C11H10O2. The predicted octanol–water partition coefficient (Wildman–Crippen LogP) is 1.83. The number of hydrogen-bond acceptors (Lipinski definition) is 2. The number of ether oxygens (including phenoxy) is 1. The molecule has 1 aromatic carbocycles. The molecule has 1 heterocycles. The molecule has 0 radical (unpaired) electrons. The van der Waals surface area contributed by atoms with Crippen LogP contribution in [0.15, 0.2) is 24.8 Å². The summed E-state index contributed by atoms with van der Waals surface area (Å²) in [7, 11) is 0. The highest BCUT2D eigenvalue weighted by Crippen LogP contribution is 2.24. The van der Waals surface area contributed by atoms with Crippen LogP contribution in [0.2, 0.25) is 0 Å². The van der Waals surface area contributed by atoms with Crippen LogP contribution in [0.1, 0.15) is 11.1 Å². The fourth-order valence-electron chi connectivity index (χ4n) is 1.40. The summed E-state index contributed by atoms with van der Waals surface area (Å²) in [6.07, 6.45) is 2.26. The Morgan fingerprint density at radius 2 is 2.31 bits per heavy atom. The maximum Gasteiger partial charge on any atom is 0.174 e. The quantitative estimate of drug-likeness (QED) is 0.649. The van der Waals surface area contributed by atoms with E-state index < -0.39 is 0 Å². The number of rotatable bonds is 1. The number of hydrogen-bond donors (Lipinski definition) is 0. The first-order valence-electron chi connectivity index (χ1n) is 4.19. The van der Waals surface area contributed by atoms with Crippen LogP contribution in [-0.4, -0.2) is 12.4 Å². The summed E-state index contributed by atoms with van der Waals surface area (Å²) < 4.78 is 5.28. The highest BCUT2D eigenvalue weighted by atomic mass is 16.5. The Morgan fingerprint density at radius 3 is 3.08 bits per heavy atom. The van der Waals surface area contributed by atoms with Crippen molar-refractivity contribution in [2.24, 2.45) is 0 Å². The van der Waals surface area contributed by atoms with E-state index in [-0.39, 0.29) is 12.4 Å². The fraction of sp³-hybridized carbons (Fsp3) is 0.182. The maximum absolute atomic E-state index is 11.0. The zero-order valence-corrected chi connectivity index (χ0v) is 7.25. The van der Waals surface area contributed by atoms with Gasteiger partial charge in [-0.25, -0.2) is 0 Å². The van der Waals surface area contributed by atoms with Gasteiger partial charge in [-0.1, -0.05) is 24.8 Å². The number of Topliss-reactive ketones (excluding diaryl/α,β-unsaturated/α-hetero) is 1. The molecule has 0 unspecified atom stereocenters. The van der Waals surface area contributed by atoms with Gasteiger partial charge in [-0.15, -0.1) is 0 Å². The van der Waals surface area contributed by atoms with E-state index in [9.17, 15) is 4.79 Å². The Bertz CT molecular complexity index is 366. The molecule has 2 rings (SSSR count). The lowest BCUT2D eigenvalue weighted by Crippen LogP contribution is -2.20. The minimum absolute atomic E-state index is 0.138. The summed E-state index contributed by atoms with van der Waals surface area (Å²) in [5.74, 6) is 0.954. The first-order chi connectivity index (χ1) is 6.29. The first kappa shape index (κ1) is 8.05. The van der Waals surface area contributed by atoms with Gasteiger partial charge in [-0.05, 0) is 11.6 Å². The van der Waals surface area contributed by atoms with Crippen molar-refractivity contribution < 1.29 is 9.53 Å². The molecule has 13 heavy (non-hydrogen) atoms. The summed E-state index contributed by atoms with van der Waals surface area (Å²) in [5.41, 5.74) is 2.00. The molecule has 2 nitrogen and oxygen atoms in total. The zero-order chi connectivity index (χ0) is 9.26. The molecule has 0 bridgehead atoms. The van der Waals surface area contributed by atoms with E-state index in [1.54, 1.807) is 6.08 Å². The highest BCUT2D eigenvalue weighted by Gasteiger charge is 2.15. The molecule has 1 aliphatic rings. The number of ketones is 1. The zero-order valence-electron chi connectivity index (χ0n) is 7.25. The lowest BCUT2D eigenvalue weighted by molar-refractivity contribution is -0.121. The molecule has 0 spiro atoms.